The normalized spacial score (nSPS) is 13.9. The van der Waals surface area contributed by atoms with Crippen LogP contribution in [0, 0.1) is 0 Å². The number of carbonyl (C=O) groups excluding carboxylic acids is 1. The van der Waals surface area contributed by atoms with Crippen molar-refractivity contribution in [2.75, 3.05) is 13.2 Å². The van der Waals surface area contributed by atoms with Gasteiger partial charge >= 0.3 is 0 Å². The molecule has 0 aliphatic heterocycles. The molecule has 1 amide bonds. The number of hydrogen-bond donors (Lipinski definition) is 3. The van der Waals surface area contributed by atoms with Gasteiger partial charge in [-0.05, 0) is 18.9 Å². The van der Waals surface area contributed by atoms with Gasteiger partial charge in [0.2, 0.25) is 5.91 Å². The molecule has 4 nitrogen and oxygen atoms in total. The molecule has 1 unspecified atom stereocenters. The summed E-state index contributed by atoms with van der Waals surface area (Å²) in [6.07, 6.45) is 0.773. The van der Waals surface area contributed by atoms with Gasteiger partial charge in [-0.3, -0.25) is 4.79 Å². The van der Waals surface area contributed by atoms with Gasteiger partial charge in [0.15, 0.2) is 0 Å². The lowest BCUT2D eigenvalue weighted by atomic mass is 10.0. The third kappa shape index (κ3) is 4.85. The summed E-state index contributed by atoms with van der Waals surface area (Å²) in [5.41, 5.74) is 0.690. The summed E-state index contributed by atoms with van der Waals surface area (Å²) in [6.45, 7) is 4.65. The van der Waals surface area contributed by atoms with Crippen molar-refractivity contribution in [1.29, 1.82) is 0 Å². The SMILES string of the molecule is CCC(C)(CO)NCC(=O)NCc1ccccc1. The van der Waals surface area contributed by atoms with Crippen molar-refractivity contribution in [3.05, 3.63) is 35.9 Å². The first-order valence-electron chi connectivity index (χ1n) is 6.26. The number of aliphatic hydroxyl groups is 1. The monoisotopic (exact) mass is 250 g/mol. The Balaban J connectivity index is 2.30. The highest BCUT2D eigenvalue weighted by Gasteiger charge is 2.20. The minimum Gasteiger partial charge on any atom is -0.394 e. The first-order chi connectivity index (χ1) is 8.59. The second-order valence-electron chi connectivity index (χ2n) is 4.69. The van der Waals surface area contributed by atoms with Crippen LogP contribution in [0.2, 0.25) is 0 Å². The first kappa shape index (κ1) is 14.7. The van der Waals surface area contributed by atoms with E-state index >= 15 is 0 Å². The standard InChI is InChI=1S/C14H22N2O2/c1-3-14(2,11-17)16-10-13(18)15-9-12-7-5-4-6-8-12/h4-8,16-17H,3,9-11H2,1-2H3,(H,15,18). The quantitative estimate of drug-likeness (QED) is 0.678. The Hall–Kier alpha value is -1.39. The number of carbonyl (C=O) groups is 1. The molecular formula is C14H22N2O2. The molecule has 1 rings (SSSR count). The molecule has 0 spiro atoms. The zero-order valence-corrected chi connectivity index (χ0v) is 11.1. The molecule has 1 aromatic carbocycles. The number of rotatable bonds is 7. The van der Waals surface area contributed by atoms with Gasteiger partial charge in [0.1, 0.15) is 0 Å². The Labute approximate surface area is 108 Å². The van der Waals surface area contributed by atoms with Gasteiger partial charge in [-0.15, -0.1) is 0 Å². The van der Waals surface area contributed by atoms with E-state index in [-0.39, 0.29) is 24.6 Å². The summed E-state index contributed by atoms with van der Waals surface area (Å²) in [4.78, 5) is 11.6. The summed E-state index contributed by atoms with van der Waals surface area (Å²) in [7, 11) is 0. The highest BCUT2D eigenvalue weighted by molar-refractivity contribution is 5.78. The Kier molecular flexibility index (Phi) is 5.82. The smallest absolute Gasteiger partial charge is 0.234 e. The summed E-state index contributed by atoms with van der Waals surface area (Å²) in [5, 5.41) is 15.1. The maximum absolute atomic E-state index is 11.6. The molecular weight excluding hydrogens is 228 g/mol. The second kappa shape index (κ2) is 7.13. The van der Waals surface area contributed by atoms with E-state index in [0.29, 0.717) is 6.54 Å². The average Bonchev–Trinajstić information content (AvgIpc) is 2.43. The number of nitrogens with one attached hydrogen (secondary N) is 2. The molecule has 0 fully saturated rings. The molecule has 0 saturated heterocycles. The minimum absolute atomic E-state index is 0.0233. The average molecular weight is 250 g/mol. The zero-order chi connectivity index (χ0) is 13.4. The van der Waals surface area contributed by atoms with Gasteiger partial charge in [-0.2, -0.15) is 0 Å². The maximum atomic E-state index is 11.6. The van der Waals surface area contributed by atoms with Gasteiger partial charge in [-0.1, -0.05) is 37.3 Å². The van der Waals surface area contributed by atoms with Gasteiger partial charge in [-0.25, -0.2) is 0 Å². The minimum atomic E-state index is -0.385. The number of aliphatic hydroxyl groups excluding tert-OH is 1. The van der Waals surface area contributed by atoms with Gasteiger partial charge in [0, 0.05) is 12.1 Å². The molecule has 18 heavy (non-hydrogen) atoms. The van der Waals surface area contributed by atoms with Crippen molar-refractivity contribution in [3.8, 4) is 0 Å². The van der Waals surface area contributed by atoms with Crippen LogP contribution < -0.4 is 10.6 Å². The zero-order valence-electron chi connectivity index (χ0n) is 11.1. The van der Waals surface area contributed by atoms with Crippen molar-refractivity contribution in [2.24, 2.45) is 0 Å². The molecule has 0 radical (unpaired) electrons. The fourth-order valence-corrected chi connectivity index (χ4v) is 1.45. The van der Waals surface area contributed by atoms with E-state index in [2.05, 4.69) is 10.6 Å². The largest absolute Gasteiger partial charge is 0.394 e. The number of amides is 1. The van der Waals surface area contributed by atoms with Crippen LogP contribution in [-0.2, 0) is 11.3 Å². The van der Waals surface area contributed by atoms with E-state index in [4.69, 9.17) is 0 Å². The highest BCUT2D eigenvalue weighted by Crippen LogP contribution is 2.06. The first-order valence-corrected chi connectivity index (χ1v) is 6.26. The van der Waals surface area contributed by atoms with Gasteiger partial charge < -0.3 is 15.7 Å². The molecule has 0 aromatic heterocycles. The Bertz CT molecular complexity index is 361. The maximum Gasteiger partial charge on any atom is 0.234 e. The molecule has 1 atom stereocenters. The van der Waals surface area contributed by atoms with E-state index in [1.165, 1.54) is 0 Å². The molecule has 100 valence electrons. The van der Waals surface area contributed by atoms with E-state index in [0.717, 1.165) is 12.0 Å². The fraction of sp³-hybridized carbons (Fsp3) is 0.500. The Morgan fingerprint density at radius 2 is 2.00 bits per heavy atom. The lowest BCUT2D eigenvalue weighted by Gasteiger charge is -2.26. The van der Waals surface area contributed by atoms with Gasteiger partial charge in [0.25, 0.3) is 0 Å². The van der Waals surface area contributed by atoms with Crippen molar-refractivity contribution in [3.63, 3.8) is 0 Å². The molecule has 0 aliphatic rings. The fourth-order valence-electron chi connectivity index (χ4n) is 1.45. The van der Waals surface area contributed by atoms with Crippen molar-refractivity contribution >= 4 is 5.91 Å². The number of hydrogen-bond acceptors (Lipinski definition) is 3. The lowest BCUT2D eigenvalue weighted by molar-refractivity contribution is -0.120. The highest BCUT2D eigenvalue weighted by atomic mass is 16.3. The van der Waals surface area contributed by atoms with Crippen LogP contribution in [0.5, 0.6) is 0 Å². The summed E-state index contributed by atoms with van der Waals surface area (Å²) in [5.74, 6) is -0.0630. The van der Waals surface area contributed by atoms with E-state index in [1.54, 1.807) is 0 Å². The molecule has 4 heteroatoms. The summed E-state index contributed by atoms with van der Waals surface area (Å²) in [6, 6.07) is 9.77. The van der Waals surface area contributed by atoms with Crippen molar-refractivity contribution in [1.82, 2.24) is 10.6 Å². The van der Waals surface area contributed by atoms with Crippen LogP contribution in [0.1, 0.15) is 25.8 Å². The molecule has 0 saturated carbocycles. The van der Waals surface area contributed by atoms with Crippen LogP contribution in [0.25, 0.3) is 0 Å². The third-order valence-corrected chi connectivity index (χ3v) is 3.14. The van der Waals surface area contributed by atoms with Gasteiger partial charge in [0.05, 0.1) is 13.2 Å². The molecule has 0 aliphatic carbocycles. The topological polar surface area (TPSA) is 61.4 Å². The van der Waals surface area contributed by atoms with Crippen LogP contribution in [0.15, 0.2) is 30.3 Å². The molecule has 0 heterocycles. The predicted molar refractivity (Wildman–Crippen MR) is 72.1 cm³/mol. The van der Waals surface area contributed by atoms with Crippen LogP contribution in [0.4, 0.5) is 0 Å². The molecule has 0 bridgehead atoms. The molecule has 1 aromatic rings. The van der Waals surface area contributed by atoms with E-state index in [9.17, 15) is 9.90 Å². The van der Waals surface area contributed by atoms with Crippen LogP contribution in [0.3, 0.4) is 0 Å². The summed E-state index contributed by atoms with van der Waals surface area (Å²) >= 11 is 0. The van der Waals surface area contributed by atoms with Crippen LogP contribution >= 0.6 is 0 Å². The Morgan fingerprint density at radius 1 is 1.33 bits per heavy atom. The number of benzene rings is 1. The van der Waals surface area contributed by atoms with E-state index < -0.39 is 0 Å². The third-order valence-electron chi connectivity index (χ3n) is 3.14. The predicted octanol–water partition coefficient (Wildman–Crippen LogP) is 1.05. The van der Waals surface area contributed by atoms with E-state index in [1.807, 2.05) is 44.2 Å². The van der Waals surface area contributed by atoms with Crippen molar-refractivity contribution < 1.29 is 9.90 Å². The molecule has 3 N–H and O–H groups in total. The lowest BCUT2D eigenvalue weighted by Crippen LogP contribution is -2.49. The second-order valence-corrected chi connectivity index (χ2v) is 4.69. The van der Waals surface area contributed by atoms with Crippen LogP contribution in [-0.4, -0.2) is 29.7 Å². The Morgan fingerprint density at radius 3 is 2.56 bits per heavy atom. The van der Waals surface area contributed by atoms with Crippen molar-refractivity contribution in [2.45, 2.75) is 32.4 Å². The summed E-state index contributed by atoms with van der Waals surface area (Å²) < 4.78 is 0.